The van der Waals surface area contributed by atoms with E-state index < -0.39 is 30.5 Å². The number of aromatic nitrogens is 4. The Hall–Kier alpha value is -2.94. The minimum absolute atomic E-state index is 0.116. The van der Waals surface area contributed by atoms with Gasteiger partial charge in [-0.3, -0.25) is 4.79 Å². The number of aliphatic hydroxyl groups is 2. The third-order valence-corrected chi connectivity index (χ3v) is 3.97. The summed E-state index contributed by atoms with van der Waals surface area (Å²) < 4.78 is 6.28. The predicted octanol–water partition coefficient (Wildman–Crippen LogP) is -1.69. The smallest absolute Gasteiger partial charge is 0.254 e. The highest BCUT2D eigenvalue weighted by Crippen LogP contribution is 2.22. The highest BCUT2D eigenvalue weighted by Gasteiger charge is 2.47. The zero-order valence-electron chi connectivity index (χ0n) is 14.6. The van der Waals surface area contributed by atoms with Crippen molar-refractivity contribution in [3.8, 4) is 11.8 Å². The molecule has 0 radical (unpaired) electrons. The van der Waals surface area contributed by atoms with Gasteiger partial charge in [-0.25, -0.2) is 9.97 Å². The van der Waals surface area contributed by atoms with E-state index in [-0.39, 0.29) is 22.8 Å². The van der Waals surface area contributed by atoms with E-state index in [0.29, 0.717) is 6.42 Å². The third-order valence-electron chi connectivity index (χ3n) is 3.97. The van der Waals surface area contributed by atoms with Crippen LogP contribution in [0.4, 0.5) is 5.82 Å². The van der Waals surface area contributed by atoms with Gasteiger partial charge in [-0.2, -0.15) is 4.98 Å². The number of carbonyl (C=O) groups excluding carboxylic acids is 1. The molecule has 0 spiro atoms. The quantitative estimate of drug-likeness (QED) is 0.351. The van der Waals surface area contributed by atoms with Crippen molar-refractivity contribution in [3.63, 3.8) is 0 Å². The molecule has 2 aromatic rings. The van der Waals surface area contributed by atoms with E-state index >= 15 is 0 Å². The summed E-state index contributed by atoms with van der Waals surface area (Å²) in [6.45, 7) is 2.07. The van der Waals surface area contributed by atoms with Crippen molar-refractivity contribution in [2.75, 3.05) is 5.73 Å². The minimum Gasteiger partial charge on any atom is -0.387 e. The number of carbonyl (C=O) groups is 1. The monoisotopic (exact) mass is 376 g/mol. The van der Waals surface area contributed by atoms with E-state index in [4.69, 9.17) is 21.0 Å². The number of amides is 1. The summed E-state index contributed by atoms with van der Waals surface area (Å²) in [5.74, 6) is 5.19. The summed E-state index contributed by atoms with van der Waals surface area (Å²) >= 11 is 0. The molecule has 6 N–H and O–H groups in total. The molecule has 11 nitrogen and oxygen atoms in total. The van der Waals surface area contributed by atoms with Crippen molar-refractivity contribution < 1.29 is 24.6 Å². The molecule has 0 aromatic carbocycles. The highest BCUT2D eigenvalue weighted by molar-refractivity contribution is 5.81. The number of imidazole rings is 1. The van der Waals surface area contributed by atoms with Gasteiger partial charge in [0.15, 0.2) is 17.4 Å². The van der Waals surface area contributed by atoms with E-state index in [2.05, 4.69) is 33.7 Å². The van der Waals surface area contributed by atoms with Gasteiger partial charge < -0.3 is 31.3 Å². The molecule has 1 aliphatic heterocycles. The van der Waals surface area contributed by atoms with Crippen LogP contribution in [-0.2, 0) is 9.53 Å². The van der Waals surface area contributed by atoms with Crippen molar-refractivity contribution in [1.82, 2.24) is 19.7 Å². The first-order valence-corrected chi connectivity index (χ1v) is 8.39. The molecule has 0 aliphatic carbocycles. The van der Waals surface area contributed by atoms with Crippen LogP contribution in [0.1, 0.15) is 32.0 Å². The van der Waals surface area contributed by atoms with Crippen LogP contribution in [0.3, 0.4) is 0 Å². The number of rotatable bonds is 5. The summed E-state index contributed by atoms with van der Waals surface area (Å²) in [5, 5.41) is 19.8. The molecule has 0 saturated carbocycles. The van der Waals surface area contributed by atoms with Crippen molar-refractivity contribution in [2.45, 2.75) is 50.8 Å². The largest absolute Gasteiger partial charge is 0.387 e. The summed E-state index contributed by atoms with van der Waals surface area (Å²) in [4.78, 5) is 29.1. The van der Waals surface area contributed by atoms with Gasteiger partial charge in [0.05, 0.1) is 0 Å². The second-order valence-electron chi connectivity index (χ2n) is 5.99. The van der Waals surface area contributed by atoms with E-state index in [0.717, 1.165) is 17.6 Å². The standard InChI is InChI=1S/C16H20N6O5/c1-2-3-4-5-6-8-20-13(17)9-15(21-8)22(7-19-9)27-16-11(24)10(23)12(26-16)14(18)25/h7,10-12,16,23-24H,2-4H2,1H3,(H2,18,25)(H2,17,20,21)/t10-,11+,12-,16-/m0/s1. The molecule has 0 unspecified atom stereocenters. The van der Waals surface area contributed by atoms with E-state index in [1.807, 2.05) is 0 Å². The number of unbranched alkanes of at least 4 members (excludes halogenated alkanes) is 2. The number of ether oxygens (including phenoxy) is 1. The molecule has 1 fully saturated rings. The Morgan fingerprint density at radius 2 is 2.19 bits per heavy atom. The number of nitrogen functional groups attached to an aromatic ring is 1. The van der Waals surface area contributed by atoms with Gasteiger partial charge in [0.25, 0.3) is 6.29 Å². The average Bonchev–Trinajstić information content (AvgIpc) is 3.16. The lowest BCUT2D eigenvalue weighted by Crippen LogP contribution is -2.40. The number of hydrogen-bond acceptors (Lipinski definition) is 9. The van der Waals surface area contributed by atoms with Crippen LogP contribution in [0, 0.1) is 11.8 Å². The Labute approximate surface area is 154 Å². The van der Waals surface area contributed by atoms with Gasteiger partial charge in [-0.05, 0) is 12.3 Å². The highest BCUT2D eigenvalue weighted by atomic mass is 16.8. The maximum atomic E-state index is 11.3. The number of aliphatic hydroxyl groups excluding tert-OH is 2. The normalized spacial score (nSPS) is 24.6. The molecular formula is C16H20N6O5. The maximum absolute atomic E-state index is 11.3. The first-order valence-electron chi connectivity index (χ1n) is 8.39. The number of nitrogens with two attached hydrogens (primary N) is 2. The van der Waals surface area contributed by atoms with E-state index in [9.17, 15) is 15.0 Å². The number of hydrogen-bond donors (Lipinski definition) is 4. The summed E-state index contributed by atoms with van der Waals surface area (Å²) in [5.41, 5.74) is 11.5. The molecule has 4 atom stereocenters. The van der Waals surface area contributed by atoms with Crippen molar-refractivity contribution in [2.24, 2.45) is 5.73 Å². The van der Waals surface area contributed by atoms with E-state index in [1.54, 1.807) is 0 Å². The third kappa shape index (κ3) is 3.77. The average molecular weight is 376 g/mol. The lowest BCUT2D eigenvalue weighted by molar-refractivity contribution is -0.170. The molecule has 27 heavy (non-hydrogen) atoms. The van der Waals surface area contributed by atoms with Crippen LogP contribution in [0.15, 0.2) is 6.33 Å². The first-order chi connectivity index (χ1) is 12.9. The van der Waals surface area contributed by atoms with Crippen molar-refractivity contribution >= 4 is 22.9 Å². The maximum Gasteiger partial charge on any atom is 0.254 e. The topological polar surface area (TPSA) is 172 Å². The van der Waals surface area contributed by atoms with Crippen LogP contribution < -0.4 is 16.3 Å². The molecule has 1 saturated heterocycles. The zero-order valence-corrected chi connectivity index (χ0v) is 14.6. The fourth-order valence-corrected chi connectivity index (χ4v) is 2.52. The molecule has 0 bridgehead atoms. The fourth-order valence-electron chi connectivity index (χ4n) is 2.52. The first kappa shape index (κ1) is 18.8. The molecule has 3 heterocycles. The van der Waals surface area contributed by atoms with E-state index in [1.165, 1.54) is 6.33 Å². The van der Waals surface area contributed by atoms with Gasteiger partial charge >= 0.3 is 0 Å². The molecule has 1 amide bonds. The Bertz CT molecular complexity index is 904. The van der Waals surface area contributed by atoms with Crippen LogP contribution in [-0.4, -0.2) is 60.4 Å². The molecular weight excluding hydrogens is 356 g/mol. The lowest BCUT2D eigenvalue weighted by Gasteiger charge is -2.16. The Balaban J connectivity index is 1.85. The Morgan fingerprint density at radius 1 is 1.41 bits per heavy atom. The number of anilines is 1. The SMILES string of the molecule is CCCCC#Cc1nc(N)c2ncn(O[C@@H]3O[C@H](C(N)=O)[C@@H](O)[C@H]3O)c2n1. The second-order valence-corrected chi connectivity index (χ2v) is 5.99. The zero-order chi connectivity index (χ0) is 19.6. The molecule has 11 heteroatoms. The predicted molar refractivity (Wildman–Crippen MR) is 92.6 cm³/mol. The van der Waals surface area contributed by atoms with Crippen LogP contribution >= 0.6 is 0 Å². The lowest BCUT2D eigenvalue weighted by atomic mass is 10.1. The molecule has 1 aliphatic rings. The summed E-state index contributed by atoms with van der Waals surface area (Å²) in [6, 6.07) is 0. The number of nitrogens with zero attached hydrogens (tertiary/aromatic N) is 4. The van der Waals surface area contributed by atoms with Gasteiger partial charge in [0.2, 0.25) is 17.4 Å². The van der Waals surface area contributed by atoms with Crippen molar-refractivity contribution in [1.29, 1.82) is 0 Å². The number of fused-ring (bicyclic) bond motifs is 1. The number of primary amides is 1. The van der Waals surface area contributed by atoms with Crippen molar-refractivity contribution in [3.05, 3.63) is 12.2 Å². The molecule has 3 rings (SSSR count). The Morgan fingerprint density at radius 3 is 2.85 bits per heavy atom. The van der Waals surface area contributed by atoms with Crippen LogP contribution in [0.5, 0.6) is 0 Å². The van der Waals surface area contributed by atoms with Gasteiger partial charge in [0, 0.05) is 6.42 Å². The molecule has 144 valence electrons. The summed E-state index contributed by atoms with van der Waals surface area (Å²) in [7, 11) is 0. The fraction of sp³-hybridized carbons (Fsp3) is 0.500. The van der Waals surface area contributed by atoms with Crippen LogP contribution in [0.2, 0.25) is 0 Å². The molecule has 2 aromatic heterocycles. The van der Waals surface area contributed by atoms with Gasteiger partial charge in [-0.15, -0.1) is 4.73 Å². The van der Waals surface area contributed by atoms with Crippen LogP contribution in [0.25, 0.3) is 11.2 Å². The Kier molecular flexibility index (Phi) is 5.41. The summed E-state index contributed by atoms with van der Waals surface area (Å²) in [6.07, 6.45) is -1.80. The van der Waals surface area contributed by atoms with Gasteiger partial charge in [-0.1, -0.05) is 19.3 Å². The van der Waals surface area contributed by atoms with Gasteiger partial charge in [0.1, 0.15) is 18.5 Å². The second kappa shape index (κ2) is 7.75. The minimum atomic E-state index is -1.51.